The zero-order valence-corrected chi connectivity index (χ0v) is 20.1. The Morgan fingerprint density at radius 2 is 1.69 bits per heavy atom. The SMILES string of the molecule is Cc1cccc(N2CCN(Cc3nc4ccc([N+](=O)[O-])cc4c(=O)n3-c3ccccc3F)CC2)c1C. The number of hydrogen-bond acceptors (Lipinski definition) is 6. The summed E-state index contributed by atoms with van der Waals surface area (Å²) < 4.78 is 16.1. The topological polar surface area (TPSA) is 84.5 Å². The van der Waals surface area contributed by atoms with Crippen LogP contribution in [0.3, 0.4) is 0 Å². The molecule has 0 amide bonds. The fraction of sp³-hybridized carbons (Fsp3) is 0.259. The maximum absolute atomic E-state index is 14.8. The van der Waals surface area contributed by atoms with Gasteiger partial charge in [-0.05, 0) is 49.2 Å². The number of aryl methyl sites for hydroxylation is 1. The molecule has 5 rings (SSSR count). The number of nitro benzene ring substituents is 1. The highest BCUT2D eigenvalue weighted by molar-refractivity contribution is 5.80. The molecule has 2 heterocycles. The van der Waals surface area contributed by atoms with E-state index >= 15 is 0 Å². The predicted molar refractivity (Wildman–Crippen MR) is 137 cm³/mol. The average Bonchev–Trinajstić information content (AvgIpc) is 2.87. The van der Waals surface area contributed by atoms with E-state index in [-0.39, 0.29) is 16.8 Å². The lowest BCUT2D eigenvalue weighted by Crippen LogP contribution is -2.47. The Morgan fingerprint density at radius 3 is 2.42 bits per heavy atom. The molecule has 0 atom stereocenters. The number of fused-ring (bicyclic) bond motifs is 1. The number of piperazine rings is 1. The van der Waals surface area contributed by atoms with Crippen molar-refractivity contribution in [2.75, 3.05) is 31.1 Å². The van der Waals surface area contributed by atoms with Crippen molar-refractivity contribution in [1.29, 1.82) is 0 Å². The van der Waals surface area contributed by atoms with Crippen LogP contribution in [0.4, 0.5) is 15.8 Å². The monoisotopic (exact) mass is 487 g/mol. The summed E-state index contributed by atoms with van der Waals surface area (Å²) >= 11 is 0. The zero-order valence-electron chi connectivity index (χ0n) is 20.1. The van der Waals surface area contributed by atoms with E-state index in [0.29, 0.717) is 17.9 Å². The zero-order chi connectivity index (χ0) is 25.4. The summed E-state index contributed by atoms with van der Waals surface area (Å²) in [5.74, 6) is -0.168. The number of anilines is 1. The van der Waals surface area contributed by atoms with Gasteiger partial charge in [-0.3, -0.25) is 24.4 Å². The van der Waals surface area contributed by atoms with E-state index in [1.54, 1.807) is 12.1 Å². The summed E-state index contributed by atoms with van der Waals surface area (Å²) in [6.07, 6.45) is 0. The molecule has 0 radical (unpaired) electrons. The highest BCUT2D eigenvalue weighted by atomic mass is 19.1. The lowest BCUT2D eigenvalue weighted by molar-refractivity contribution is -0.384. The van der Waals surface area contributed by atoms with Crippen LogP contribution >= 0.6 is 0 Å². The third kappa shape index (κ3) is 4.33. The molecule has 0 spiro atoms. The van der Waals surface area contributed by atoms with Crippen molar-refractivity contribution in [3.8, 4) is 5.69 Å². The summed E-state index contributed by atoms with van der Waals surface area (Å²) in [6.45, 7) is 7.71. The second-order valence-electron chi connectivity index (χ2n) is 9.06. The summed E-state index contributed by atoms with van der Waals surface area (Å²) in [7, 11) is 0. The van der Waals surface area contributed by atoms with E-state index < -0.39 is 16.3 Å². The Morgan fingerprint density at radius 1 is 0.972 bits per heavy atom. The van der Waals surface area contributed by atoms with Crippen molar-refractivity contribution >= 4 is 22.3 Å². The average molecular weight is 488 g/mol. The van der Waals surface area contributed by atoms with Gasteiger partial charge in [-0.1, -0.05) is 24.3 Å². The first-order chi connectivity index (χ1) is 17.3. The highest BCUT2D eigenvalue weighted by Gasteiger charge is 2.23. The van der Waals surface area contributed by atoms with Gasteiger partial charge in [0, 0.05) is 44.0 Å². The van der Waals surface area contributed by atoms with Gasteiger partial charge in [-0.25, -0.2) is 9.37 Å². The van der Waals surface area contributed by atoms with Crippen LogP contribution in [-0.2, 0) is 6.54 Å². The lowest BCUT2D eigenvalue weighted by Gasteiger charge is -2.37. The summed E-state index contributed by atoms with van der Waals surface area (Å²) in [5, 5.41) is 11.3. The molecule has 1 aliphatic heterocycles. The van der Waals surface area contributed by atoms with Gasteiger partial charge in [0.1, 0.15) is 11.6 Å². The molecule has 9 heteroatoms. The van der Waals surface area contributed by atoms with Crippen molar-refractivity contribution in [2.24, 2.45) is 0 Å². The van der Waals surface area contributed by atoms with Gasteiger partial charge in [0.15, 0.2) is 0 Å². The van der Waals surface area contributed by atoms with Crippen molar-refractivity contribution in [2.45, 2.75) is 20.4 Å². The molecule has 8 nitrogen and oxygen atoms in total. The smallest absolute Gasteiger partial charge is 0.270 e. The first-order valence-corrected chi connectivity index (χ1v) is 11.8. The van der Waals surface area contributed by atoms with Gasteiger partial charge < -0.3 is 4.90 Å². The molecule has 1 fully saturated rings. The number of hydrogen-bond donors (Lipinski definition) is 0. The highest BCUT2D eigenvalue weighted by Crippen LogP contribution is 2.25. The van der Waals surface area contributed by atoms with E-state index in [9.17, 15) is 19.3 Å². The maximum atomic E-state index is 14.8. The second kappa shape index (κ2) is 9.50. The molecule has 0 bridgehead atoms. The van der Waals surface area contributed by atoms with Crippen LogP contribution in [-0.4, -0.2) is 45.6 Å². The first kappa shape index (κ1) is 23.6. The molecule has 0 N–H and O–H groups in total. The third-order valence-corrected chi connectivity index (χ3v) is 6.88. The van der Waals surface area contributed by atoms with Crippen LogP contribution in [0.25, 0.3) is 16.6 Å². The summed E-state index contributed by atoms with van der Waals surface area (Å²) in [6, 6.07) is 16.3. The Labute approximate surface area is 207 Å². The van der Waals surface area contributed by atoms with Crippen molar-refractivity contribution in [3.63, 3.8) is 0 Å². The van der Waals surface area contributed by atoms with Crippen molar-refractivity contribution in [3.05, 3.63) is 104 Å². The molecular formula is C27H26FN5O3. The van der Waals surface area contributed by atoms with Crippen LogP contribution in [0.2, 0.25) is 0 Å². The summed E-state index contributed by atoms with van der Waals surface area (Å²) in [4.78, 5) is 33.5. The quantitative estimate of drug-likeness (QED) is 0.307. The van der Waals surface area contributed by atoms with Crippen LogP contribution < -0.4 is 10.5 Å². The second-order valence-corrected chi connectivity index (χ2v) is 9.06. The number of nitrogens with zero attached hydrogens (tertiary/aromatic N) is 5. The van der Waals surface area contributed by atoms with Gasteiger partial charge in [-0.2, -0.15) is 0 Å². The molecule has 0 unspecified atom stereocenters. The number of halogens is 1. The van der Waals surface area contributed by atoms with Crippen LogP contribution in [0.1, 0.15) is 17.0 Å². The number of rotatable bonds is 5. The van der Waals surface area contributed by atoms with Crippen LogP contribution in [0.5, 0.6) is 0 Å². The van der Waals surface area contributed by atoms with E-state index in [1.807, 2.05) is 0 Å². The van der Waals surface area contributed by atoms with E-state index in [2.05, 4.69) is 46.8 Å². The van der Waals surface area contributed by atoms with Gasteiger partial charge >= 0.3 is 0 Å². The molecule has 1 aliphatic rings. The Kier molecular flexibility index (Phi) is 6.24. The fourth-order valence-corrected chi connectivity index (χ4v) is 4.75. The molecule has 4 aromatic rings. The van der Waals surface area contributed by atoms with Crippen LogP contribution in [0.15, 0.2) is 65.5 Å². The predicted octanol–water partition coefficient (Wildman–Crippen LogP) is 4.37. The molecular weight excluding hydrogens is 461 g/mol. The summed E-state index contributed by atoms with van der Waals surface area (Å²) in [5.41, 5.74) is 3.43. The maximum Gasteiger partial charge on any atom is 0.270 e. The number of benzene rings is 3. The molecule has 0 saturated carbocycles. The molecule has 184 valence electrons. The lowest BCUT2D eigenvalue weighted by atomic mass is 10.1. The third-order valence-electron chi connectivity index (χ3n) is 6.88. The van der Waals surface area contributed by atoms with Gasteiger partial charge in [0.2, 0.25) is 0 Å². The molecule has 0 aliphatic carbocycles. The van der Waals surface area contributed by atoms with Crippen molar-refractivity contribution < 1.29 is 9.31 Å². The Balaban J connectivity index is 1.50. The minimum atomic E-state index is -0.563. The minimum absolute atomic E-state index is 0.0763. The minimum Gasteiger partial charge on any atom is -0.369 e. The number of para-hydroxylation sites is 1. The van der Waals surface area contributed by atoms with Gasteiger partial charge in [0.25, 0.3) is 11.2 Å². The number of non-ortho nitro benzene ring substituents is 1. The standard InChI is InChI=1S/C27H26FN5O3/c1-18-6-5-9-24(19(18)2)31-14-12-30(13-15-31)17-26-29-23-11-10-20(33(35)36)16-21(23)27(34)32(26)25-8-4-3-7-22(25)28/h3-11,16H,12-15,17H2,1-2H3. The normalized spacial score (nSPS) is 14.4. The molecule has 3 aromatic carbocycles. The largest absolute Gasteiger partial charge is 0.369 e. The number of nitro groups is 1. The molecule has 36 heavy (non-hydrogen) atoms. The van der Waals surface area contributed by atoms with E-state index in [4.69, 9.17) is 0 Å². The van der Waals surface area contributed by atoms with Gasteiger partial charge in [0.05, 0.1) is 28.1 Å². The fourth-order valence-electron chi connectivity index (χ4n) is 4.75. The number of aromatic nitrogens is 2. The van der Waals surface area contributed by atoms with Crippen molar-refractivity contribution in [1.82, 2.24) is 14.5 Å². The molecule has 1 saturated heterocycles. The van der Waals surface area contributed by atoms with E-state index in [1.165, 1.54) is 51.7 Å². The molecule has 1 aromatic heterocycles. The Bertz CT molecular complexity index is 1530. The van der Waals surface area contributed by atoms with Crippen LogP contribution in [0, 0.1) is 29.8 Å². The van der Waals surface area contributed by atoms with Gasteiger partial charge in [-0.15, -0.1) is 0 Å². The first-order valence-electron chi connectivity index (χ1n) is 11.8. The Hall–Kier alpha value is -4.11. The van der Waals surface area contributed by atoms with E-state index in [0.717, 1.165) is 26.2 Å².